The van der Waals surface area contributed by atoms with Gasteiger partial charge in [0.05, 0.1) is 24.4 Å². The fourth-order valence-corrected chi connectivity index (χ4v) is 4.74. The lowest BCUT2D eigenvalue weighted by atomic mass is 9.97. The number of nitrogens with zero attached hydrogens (tertiary/aromatic N) is 3. The van der Waals surface area contributed by atoms with Gasteiger partial charge in [0.25, 0.3) is 0 Å². The van der Waals surface area contributed by atoms with Crippen molar-refractivity contribution in [3.05, 3.63) is 82.9 Å². The maximum Gasteiger partial charge on any atom is 0.325 e. The first-order chi connectivity index (χ1) is 15.4. The molecule has 1 N–H and O–H groups in total. The molecule has 4 rings (SSSR count). The number of nitrogens with one attached hydrogen (secondary N) is 1. The van der Waals surface area contributed by atoms with Crippen LogP contribution in [0.5, 0.6) is 0 Å². The third-order valence-electron chi connectivity index (χ3n) is 5.88. The molecule has 3 heterocycles. The Balaban J connectivity index is 1.80. The van der Waals surface area contributed by atoms with Gasteiger partial charge in [-0.1, -0.05) is 23.8 Å². The van der Waals surface area contributed by atoms with Crippen molar-refractivity contribution in [1.82, 2.24) is 19.8 Å². The van der Waals surface area contributed by atoms with Crippen LogP contribution in [0.1, 0.15) is 47.2 Å². The highest BCUT2D eigenvalue weighted by molar-refractivity contribution is 7.80. The molecule has 1 fully saturated rings. The molecule has 0 amide bonds. The van der Waals surface area contributed by atoms with Gasteiger partial charge in [-0.2, -0.15) is 0 Å². The lowest BCUT2D eigenvalue weighted by molar-refractivity contribution is -0.143. The van der Waals surface area contributed by atoms with E-state index in [-0.39, 0.29) is 24.6 Å². The minimum atomic E-state index is -0.296. The maximum atomic E-state index is 12.4. The van der Waals surface area contributed by atoms with Crippen LogP contribution in [0, 0.1) is 20.8 Å². The fourth-order valence-electron chi connectivity index (χ4n) is 4.44. The Morgan fingerprint density at radius 2 is 1.91 bits per heavy atom. The lowest BCUT2D eigenvalue weighted by Gasteiger charge is -2.27. The van der Waals surface area contributed by atoms with Gasteiger partial charge in [-0.15, -0.1) is 0 Å². The van der Waals surface area contributed by atoms with E-state index in [9.17, 15) is 4.79 Å². The molecule has 2 unspecified atom stereocenters. The monoisotopic (exact) mass is 448 g/mol. The second-order valence-electron chi connectivity index (χ2n) is 8.06. The van der Waals surface area contributed by atoms with E-state index in [0.717, 1.165) is 28.3 Å². The summed E-state index contributed by atoms with van der Waals surface area (Å²) >= 11 is 5.66. The molecule has 3 aromatic rings. The number of aryl methyl sites for hydroxylation is 2. The van der Waals surface area contributed by atoms with Crippen LogP contribution in [0.4, 0.5) is 0 Å². The van der Waals surface area contributed by atoms with Crippen LogP contribution in [0.2, 0.25) is 0 Å². The summed E-state index contributed by atoms with van der Waals surface area (Å²) in [6, 6.07) is 16.2. The molecule has 1 aliphatic rings. The number of aromatic nitrogens is 2. The summed E-state index contributed by atoms with van der Waals surface area (Å²) in [5.74, 6) is -0.296. The number of benzene rings is 1. The third-order valence-corrected chi connectivity index (χ3v) is 6.24. The van der Waals surface area contributed by atoms with Crippen molar-refractivity contribution in [2.24, 2.45) is 0 Å². The van der Waals surface area contributed by atoms with Crippen LogP contribution in [0.15, 0.2) is 54.7 Å². The molecule has 0 saturated carbocycles. The molecule has 7 heteroatoms. The number of thiocarbonyl (C=S) groups is 1. The van der Waals surface area contributed by atoms with Crippen molar-refractivity contribution >= 4 is 23.3 Å². The number of hydrogen-bond donors (Lipinski definition) is 1. The quantitative estimate of drug-likeness (QED) is 0.447. The van der Waals surface area contributed by atoms with Gasteiger partial charge < -0.3 is 19.5 Å². The average molecular weight is 449 g/mol. The largest absolute Gasteiger partial charge is 0.465 e. The van der Waals surface area contributed by atoms with Crippen molar-refractivity contribution in [2.75, 3.05) is 13.2 Å². The molecule has 6 nitrogen and oxygen atoms in total. The number of carbonyl (C=O) groups is 1. The molecular formula is C25H28N4O2S. The lowest BCUT2D eigenvalue weighted by Crippen LogP contribution is -2.35. The molecule has 0 bridgehead atoms. The zero-order chi connectivity index (χ0) is 22.8. The Morgan fingerprint density at radius 3 is 2.56 bits per heavy atom. The smallest absolute Gasteiger partial charge is 0.325 e. The molecule has 2 atom stereocenters. The number of pyridine rings is 1. The first-order valence-electron chi connectivity index (χ1n) is 10.8. The third kappa shape index (κ3) is 4.12. The van der Waals surface area contributed by atoms with Crippen molar-refractivity contribution in [3.63, 3.8) is 0 Å². The van der Waals surface area contributed by atoms with E-state index < -0.39 is 0 Å². The van der Waals surface area contributed by atoms with E-state index in [0.29, 0.717) is 11.7 Å². The van der Waals surface area contributed by atoms with Gasteiger partial charge in [0, 0.05) is 23.3 Å². The van der Waals surface area contributed by atoms with Gasteiger partial charge in [0.15, 0.2) is 5.11 Å². The Kier molecular flexibility index (Phi) is 6.28. The van der Waals surface area contributed by atoms with Gasteiger partial charge >= 0.3 is 5.97 Å². The highest BCUT2D eigenvalue weighted by atomic mass is 32.1. The van der Waals surface area contributed by atoms with Crippen LogP contribution in [0.3, 0.4) is 0 Å². The van der Waals surface area contributed by atoms with Crippen molar-refractivity contribution in [2.45, 2.75) is 39.8 Å². The highest BCUT2D eigenvalue weighted by Gasteiger charge is 2.42. The van der Waals surface area contributed by atoms with Crippen LogP contribution < -0.4 is 5.32 Å². The number of esters is 1. The predicted molar refractivity (Wildman–Crippen MR) is 129 cm³/mol. The summed E-state index contributed by atoms with van der Waals surface area (Å²) in [5, 5.41) is 3.92. The van der Waals surface area contributed by atoms with Crippen LogP contribution in [0.25, 0.3) is 5.69 Å². The summed E-state index contributed by atoms with van der Waals surface area (Å²) in [6.45, 7) is 8.53. The van der Waals surface area contributed by atoms with E-state index >= 15 is 0 Å². The summed E-state index contributed by atoms with van der Waals surface area (Å²) in [7, 11) is 0. The molecule has 32 heavy (non-hydrogen) atoms. The second kappa shape index (κ2) is 9.12. The van der Waals surface area contributed by atoms with Gasteiger partial charge in [0.1, 0.15) is 6.54 Å². The number of hydrogen-bond acceptors (Lipinski definition) is 4. The molecule has 0 spiro atoms. The minimum Gasteiger partial charge on any atom is -0.465 e. The molecule has 2 aromatic heterocycles. The van der Waals surface area contributed by atoms with Crippen molar-refractivity contribution in [1.29, 1.82) is 0 Å². The second-order valence-corrected chi connectivity index (χ2v) is 8.44. The predicted octanol–water partition coefficient (Wildman–Crippen LogP) is 4.33. The summed E-state index contributed by atoms with van der Waals surface area (Å²) in [6.07, 6.45) is 1.78. The molecule has 1 saturated heterocycles. The first-order valence-corrected chi connectivity index (χ1v) is 11.2. The molecule has 1 aliphatic heterocycles. The Bertz CT molecular complexity index is 1120. The zero-order valence-corrected chi connectivity index (χ0v) is 19.6. The van der Waals surface area contributed by atoms with E-state index in [1.165, 1.54) is 5.56 Å². The number of carbonyl (C=O) groups excluding carboxylic acids is 1. The minimum absolute atomic E-state index is 0.0852. The number of rotatable bonds is 6. The number of ether oxygens (including phenoxy) is 1. The Morgan fingerprint density at radius 1 is 1.16 bits per heavy atom. The molecule has 1 aromatic carbocycles. The Hall–Kier alpha value is -3.19. The van der Waals surface area contributed by atoms with E-state index in [1.807, 2.05) is 30.0 Å². The highest BCUT2D eigenvalue weighted by Crippen LogP contribution is 2.41. The first kappa shape index (κ1) is 22.0. The SMILES string of the molecule is CCOC(=O)CN1C(=S)NC(c2ccccn2)C1c1cc(C)n(-c2ccc(C)cc2)c1C. The standard InChI is InChI=1S/C25H28N4O2S/c1-5-31-22(30)15-28-24(23(27-25(28)32)21-8-6-7-13-26-21)20-14-17(3)29(18(20)4)19-11-9-16(2)10-12-19/h6-14,23-24H,5,15H2,1-4H3,(H,27,32). The van der Waals surface area contributed by atoms with Crippen LogP contribution in [-0.4, -0.2) is 38.7 Å². The summed E-state index contributed by atoms with van der Waals surface area (Å²) in [5.41, 5.74) is 6.55. The van der Waals surface area contributed by atoms with Gasteiger partial charge in [0.2, 0.25) is 0 Å². The molecule has 166 valence electrons. The van der Waals surface area contributed by atoms with Gasteiger partial charge in [-0.25, -0.2) is 0 Å². The topological polar surface area (TPSA) is 59.4 Å². The molecule has 0 aliphatic carbocycles. The summed E-state index contributed by atoms with van der Waals surface area (Å²) in [4.78, 5) is 18.9. The van der Waals surface area contributed by atoms with E-state index in [4.69, 9.17) is 17.0 Å². The van der Waals surface area contributed by atoms with Crippen LogP contribution >= 0.6 is 12.2 Å². The molecular weight excluding hydrogens is 420 g/mol. The summed E-state index contributed by atoms with van der Waals surface area (Å²) < 4.78 is 7.47. The molecule has 0 radical (unpaired) electrons. The van der Waals surface area contributed by atoms with Crippen LogP contribution in [-0.2, 0) is 9.53 Å². The van der Waals surface area contributed by atoms with Crippen molar-refractivity contribution < 1.29 is 9.53 Å². The van der Waals surface area contributed by atoms with E-state index in [1.54, 1.807) is 6.20 Å². The van der Waals surface area contributed by atoms with Gasteiger partial charge in [-0.3, -0.25) is 9.78 Å². The fraction of sp³-hybridized carbons (Fsp3) is 0.320. The van der Waals surface area contributed by atoms with Crippen molar-refractivity contribution in [3.8, 4) is 5.69 Å². The van der Waals surface area contributed by atoms with Gasteiger partial charge in [-0.05, 0) is 75.8 Å². The zero-order valence-electron chi connectivity index (χ0n) is 18.8. The maximum absolute atomic E-state index is 12.4. The average Bonchev–Trinajstić information content (AvgIpc) is 3.25. The Labute approximate surface area is 194 Å². The van der Waals surface area contributed by atoms with E-state index in [2.05, 4.69) is 66.0 Å². The normalized spacial score (nSPS) is 18.0.